The lowest BCUT2D eigenvalue weighted by Crippen LogP contribution is -2.50. The first-order chi connectivity index (χ1) is 18.0. The number of esters is 1. The Morgan fingerprint density at radius 1 is 1.08 bits per heavy atom. The summed E-state index contributed by atoms with van der Waals surface area (Å²) in [6.45, 7) is 7.22. The molecule has 0 unspecified atom stereocenters. The maximum atomic E-state index is 14.7. The lowest BCUT2D eigenvalue weighted by molar-refractivity contribution is 0.0240. The number of carbonyl (C=O) groups excluding carboxylic acids is 2. The molecule has 2 aromatic heterocycles. The van der Waals surface area contributed by atoms with Crippen LogP contribution in [0.1, 0.15) is 36.8 Å². The van der Waals surface area contributed by atoms with E-state index in [2.05, 4.69) is 4.98 Å². The van der Waals surface area contributed by atoms with Gasteiger partial charge < -0.3 is 24.0 Å². The van der Waals surface area contributed by atoms with Crippen LogP contribution >= 0.6 is 11.6 Å². The maximum Gasteiger partial charge on any atom is 0.410 e. The third-order valence-corrected chi connectivity index (χ3v) is 6.30. The van der Waals surface area contributed by atoms with Crippen LogP contribution in [0.15, 0.2) is 30.3 Å². The average molecular weight is 545 g/mol. The van der Waals surface area contributed by atoms with Crippen molar-refractivity contribution in [3.63, 3.8) is 0 Å². The second-order valence-electron chi connectivity index (χ2n) is 9.83. The summed E-state index contributed by atoms with van der Waals surface area (Å²) in [5.74, 6) is -0.617. The molecule has 0 bridgehead atoms. The maximum absolute atomic E-state index is 14.7. The Hall–Kier alpha value is -3.50. The molecule has 0 atom stereocenters. The molecular formula is C27H30ClFN4O5. The van der Waals surface area contributed by atoms with Gasteiger partial charge in [0.05, 0.1) is 35.6 Å². The number of benzene rings is 1. The van der Waals surface area contributed by atoms with E-state index in [0.29, 0.717) is 43.1 Å². The number of fused-ring (bicyclic) bond motifs is 1. The van der Waals surface area contributed by atoms with Crippen molar-refractivity contribution in [2.24, 2.45) is 0 Å². The minimum atomic E-state index is -0.648. The van der Waals surface area contributed by atoms with Gasteiger partial charge in [-0.1, -0.05) is 23.7 Å². The normalized spacial score (nSPS) is 14.1. The van der Waals surface area contributed by atoms with E-state index in [1.807, 2.05) is 25.7 Å². The molecule has 1 amide bonds. The van der Waals surface area contributed by atoms with E-state index in [0.717, 1.165) is 0 Å². The SMILES string of the molecule is COCc1nc(N2CCN(C(=O)OC(C)(C)C)CC2)c2cc(Cl)c(-c3ccccc3F)nc2c1C(=O)OC. The fourth-order valence-corrected chi connectivity index (χ4v) is 4.55. The quantitative estimate of drug-likeness (QED) is 0.410. The van der Waals surface area contributed by atoms with Crippen molar-refractivity contribution in [3.8, 4) is 11.3 Å². The highest BCUT2D eigenvalue weighted by molar-refractivity contribution is 6.34. The van der Waals surface area contributed by atoms with Crippen molar-refractivity contribution in [1.29, 1.82) is 0 Å². The summed E-state index contributed by atoms with van der Waals surface area (Å²) in [5.41, 5.74) is 0.514. The van der Waals surface area contributed by atoms with E-state index in [9.17, 15) is 14.0 Å². The molecule has 1 saturated heterocycles. The van der Waals surface area contributed by atoms with Crippen LogP contribution in [0.25, 0.3) is 22.2 Å². The zero-order chi connectivity index (χ0) is 27.6. The second-order valence-corrected chi connectivity index (χ2v) is 10.2. The molecule has 3 heterocycles. The van der Waals surface area contributed by atoms with Crippen LogP contribution in [0.5, 0.6) is 0 Å². The lowest BCUT2D eigenvalue weighted by atomic mass is 10.0. The van der Waals surface area contributed by atoms with Crippen LogP contribution < -0.4 is 4.90 Å². The summed E-state index contributed by atoms with van der Waals surface area (Å²) in [6.07, 6.45) is -0.379. The lowest BCUT2D eigenvalue weighted by Gasteiger charge is -2.36. The summed E-state index contributed by atoms with van der Waals surface area (Å²) < 4.78 is 30.6. The van der Waals surface area contributed by atoms with Gasteiger partial charge in [0.25, 0.3) is 0 Å². The van der Waals surface area contributed by atoms with Gasteiger partial charge in [-0.2, -0.15) is 0 Å². The summed E-state index contributed by atoms with van der Waals surface area (Å²) in [5, 5.41) is 0.703. The molecule has 9 nitrogen and oxygen atoms in total. The zero-order valence-electron chi connectivity index (χ0n) is 22.0. The van der Waals surface area contributed by atoms with Crippen molar-refractivity contribution >= 4 is 40.4 Å². The minimum absolute atomic E-state index is 0.0184. The number of hydrogen-bond donors (Lipinski definition) is 0. The highest BCUT2D eigenvalue weighted by Crippen LogP contribution is 2.37. The summed E-state index contributed by atoms with van der Waals surface area (Å²) in [7, 11) is 2.76. The van der Waals surface area contributed by atoms with Crippen LogP contribution in [0, 0.1) is 5.82 Å². The van der Waals surface area contributed by atoms with Gasteiger partial charge in [-0.3, -0.25) is 0 Å². The molecule has 202 valence electrons. The largest absolute Gasteiger partial charge is 0.465 e. The third kappa shape index (κ3) is 5.66. The van der Waals surface area contributed by atoms with Crippen LogP contribution in [0.4, 0.5) is 15.0 Å². The Bertz CT molecular complexity index is 1370. The monoisotopic (exact) mass is 544 g/mol. The number of amides is 1. The van der Waals surface area contributed by atoms with Gasteiger partial charge in [0, 0.05) is 44.2 Å². The molecule has 0 N–H and O–H groups in total. The van der Waals surface area contributed by atoms with E-state index in [1.54, 1.807) is 29.2 Å². The minimum Gasteiger partial charge on any atom is -0.465 e. The number of piperazine rings is 1. The molecule has 1 aliphatic heterocycles. The predicted octanol–water partition coefficient (Wildman–Crippen LogP) is 5.08. The molecule has 3 aromatic rings. The van der Waals surface area contributed by atoms with Crippen LogP contribution in [-0.4, -0.2) is 72.9 Å². The number of hydrogen-bond acceptors (Lipinski definition) is 8. The number of halogens is 2. The molecule has 11 heteroatoms. The first-order valence-corrected chi connectivity index (χ1v) is 12.5. The molecule has 1 aliphatic rings. The Morgan fingerprint density at radius 2 is 1.76 bits per heavy atom. The number of ether oxygens (including phenoxy) is 3. The van der Waals surface area contributed by atoms with E-state index in [-0.39, 0.29) is 40.1 Å². The highest BCUT2D eigenvalue weighted by atomic mass is 35.5. The summed E-state index contributed by atoms with van der Waals surface area (Å²) >= 11 is 6.63. The Morgan fingerprint density at radius 3 is 2.37 bits per heavy atom. The first kappa shape index (κ1) is 27.5. The number of nitrogens with zero attached hydrogens (tertiary/aromatic N) is 4. The average Bonchev–Trinajstić information content (AvgIpc) is 2.87. The zero-order valence-corrected chi connectivity index (χ0v) is 22.8. The van der Waals surface area contributed by atoms with Gasteiger partial charge in [0.2, 0.25) is 0 Å². The Labute approximate surface area is 225 Å². The van der Waals surface area contributed by atoms with Gasteiger partial charge in [-0.15, -0.1) is 0 Å². The van der Waals surface area contributed by atoms with Crippen LogP contribution in [0.3, 0.4) is 0 Å². The van der Waals surface area contributed by atoms with Crippen molar-refractivity contribution < 1.29 is 28.2 Å². The standard InChI is InChI=1S/C27H30ClFN4O5/c1-27(2,3)38-26(35)33-12-10-32(11-13-33)24-17-14-18(28)22(16-8-6-7-9-19(16)29)31-23(17)21(25(34)37-5)20(30-24)15-36-4/h6-9,14H,10-13,15H2,1-5H3. The molecular weight excluding hydrogens is 515 g/mol. The second kappa shape index (κ2) is 11.1. The fourth-order valence-electron chi connectivity index (χ4n) is 4.30. The molecule has 0 radical (unpaired) electrons. The van der Waals surface area contributed by atoms with Gasteiger partial charge in [0.1, 0.15) is 22.8 Å². The molecule has 1 aromatic carbocycles. The Kier molecular flexibility index (Phi) is 8.03. The van der Waals surface area contributed by atoms with Gasteiger partial charge in [-0.25, -0.2) is 23.9 Å². The van der Waals surface area contributed by atoms with E-state index >= 15 is 0 Å². The number of anilines is 1. The number of methoxy groups -OCH3 is 2. The van der Waals surface area contributed by atoms with Crippen LogP contribution in [-0.2, 0) is 20.8 Å². The van der Waals surface area contributed by atoms with Gasteiger partial charge in [0.15, 0.2) is 0 Å². The molecule has 4 rings (SSSR count). The number of pyridine rings is 2. The molecule has 38 heavy (non-hydrogen) atoms. The molecule has 0 spiro atoms. The number of rotatable bonds is 5. The van der Waals surface area contributed by atoms with Crippen molar-refractivity contribution in [3.05, 3.63) is 52.4 Å². The van der Waals surface area contributed by atoms with E-state index < -0.39 is 17.4 Å². The van der Waals surface area contributed by atoms with Crippen molar-refractivity contribution in [2.45, 2.75) is 33.0 Å². The molecule has 1 fully saturated rings. The predicted molar refractivity (Wildman–Crippen MR) is 142 cm³/mol. The Balaban J connectivity index is 1.83. The smallest absolute Gasteiger partial charge is 0.410 e. The summed E-state index contributed by atoms with van der Waals surface area (Å²) in [4.78, 5) is 38.5. The highest BCUT2D eigenvalue weighted by Gasteiger charge is 2.30. The van der Waals surface area contributed by atoms with Crippen molar-refractivity contribution in [2.75, 3.05) is 45.3 Å². The number of aromatic nitrogens is 2. The fraction of sp³-hybridized carbons (Fsp3) is 0.407. The van der Waals surface area contributed by atoms with Gasteiger partial charge in [-0.05, 0) is 39.0 Å². The third-order valence-electron chi connectivity index (χ3n) is 6.01. The first-order valence-electron chi connectivity index (χ1n) is 12.1. The topological polar surface area (TPSA) is 94.1 Å². The van der Waals surface area contributed by atoms with Crippen molar-refractivity contribution in [1.82, 2.24) is 14.9 Å². The number of carbonyl (C=O) groups is 2. The summed E-state index contributed by atoms with van der Waals surface area (Å²) in [6, 6.07) is 7.78. The van der Waals surface area contributed by atoms with Gasteiger partial charge >= 0.3 is 12.1 Å². The van der Waals surface area contributed by atoms with E-state index in [1.165, 1.54) is 20.3 Å². The van der Waals surface area contributed by atoms with E-state index in [4.69, 9.17) is 30.8 Å². The van der Waals surface area contributed by atoms with Crippen LogP contribution in [0.2, 0.25) is 5.02 Å². The molecule has 0 saturated carbocycles. The molecule has 0 aliphatic carbocycles.